The quantitative estimate of drug-likeness (QED) is 0.508. The Morgan fingerprint density at radius 2 is 1.26 bits per heavy atom. The van der Waals surface area contributed by atoms with Crippen molar-refractivity contribution in [2.45, 2.75) is 19.1 Å². The number of anilines is 2. The molecule has 0 aliphatic carbocycles. The molecule has 1 unspecified atom stereocenters. The SMILES string of the molecule is COc1cc2c(cc1OC)N1Cc3cc(OC)c(OC)cc3N(C2)C(C(=O)c2ccccc2)C1. The summed E-state index contributed by atoms with van der Waals surface area (Å²) in [6.45, 7) is 1.70. The zero-order valence-corrected chi connectivity index (χ0v) is 19.8. The second kappa shape index (κ2) is 8.82. The first-order valence-corrected chi connectivity index (χ1v) is 11.2. The van der Waals surface area contributed by atoms with Gasteiger partial charge in [0.25, 0.3) is 0 Å². The van der Waals surface area contributed by atoms with Crippen LogP contribution in [-0.4, -0.2) is 46.8 Å². The summed E-state index contributed by atoms with van der Waals surface area (Å²) >= 11 is 0. The average molecular weight is 461 g/mol. The van der Waals surface area contributed by atoms with E-state index in [1.54, 1.807) is 28.4 Å². The van der Waals surface area contributed by atoms with E-state index in [1.165, 1.54) is 0 Å². The number of Topliss-reactive ketones (excluding diaryl/α,β-unsaturated/α-hetero) is 1. The van der Waals surface area contributed by atoms with Crippen LogP contribution in [0.25, 0.3) is 0 Å². The van der Waals surface area contributed by atoms with Gasteiger partial charge in [0.05, 0.1) is 28.4 Å². The van der Waals surface area contributed by atoms with Crippen molar-refractivity contribution in [2.24, 2.45) is 0 Å². The molecule has 34 heavy (non-hydrogen) atoms. The van der Waals surface area contributed by atoms with Crippen molar-refractivity contribution in [2.75, 3.05) is 44.8 Å². The maximum Gasteiger partial charge on any atom is 0.187 e. The Balaban J connectivity index is 1.70. The fraction of sp³-hybridized carbons (Fsp3) is 0.296. The fourth-order valence-electron chi connectivity index (χ4n) is 4.96. The van der Waals surface area contributed by atoms with Crippen molar-refractivity contribution in [3.63, 3.8) is 0 Å². The van der Waals surface area contributed by atoms with Crippen LogP contribution >= 0.6 is 0 Å². The molecular weight excluding hydrogens is 432 g/mol. The van der Waals surface area contributed by atoms with Crippen molar-refractivity contribution in [1.82, 2.24) is 0 Å². The summed E-state index contributed by atoms with van der Waals surface area (Å²) in [5.41, 5.74) is 4.84. The zero-order chi connectivity index (χ0) is 23.8. The van der Waals surface area contributed by atoms with Gasteiger partial charge in [-0.1, -0.05) is 30.3 Å². The van der Waals surface area contributed by atoms with E-state index in [4.69, 9.17) is 18.9 Å². The summed E-state index contributed by atoms with van der Waals surface area (Å²) in [6.07, 6.45) is 0. The molecule has 176 valence electrons. The number of hydrogen-bond acceptors (Lipinski definition) is 7. The van der Waals surface area contributed by atoms with Gasteiger partial charge in [0.1, 0.15) is 6.04 Å². The molecule has 0 amide bonds. The maximum atomic E-state index is 13.8. The third-order valence-electron chi connectivity index (χ3n) is 6.65. The predicted octanol–water partition coefficient (Wildman–Crippen LogP) is 4.31. The molecule has 0 saturated heterocycles. The van der Waals surface area contributed by atoms with E-state index in [1.807, 2.05) is 54.6 Å². The Kier molecular flexibility index (Phi) is 5.69. The summed E-state index contributed by atoms with van der Waals surface area (Å²) in [7, 11) is 6.53. The van der Waals surface area contributed by atoms with Crippen LogP contribution in [0.1, 0.15) is 21.5 Å². The second-order valence-corrected chi connectivity index (χ2v) is 8.43. The number of carbonyl (C=O) groups excluding carboxylic acids is 1. The normalized spacial score (nSPS) is 16.2. The largest absolute Gasteiger partial charge is 0.493 e. The zero-order valence-electron chi connectivity index (χ0n) is 19.8. The van der Waals surface area contributed by atoms with Gasteiger partial charge in [-0.2, -0.15) is 0 Å². The smallest absolute Gasteiger partial charge is 0.187 e. The Morgan fingerprint density at radius 3 is 1.85 bits per heavy atom. The second-order valence-electron chi connectivity index (χ2n) is 8.43. The predicted molar refractivity (Wildman–Crippen MR) is 131 cm³/mol. The van der Waals surface area contributed by atoms with Crippen molar-refractivity contribution in [3.05, 3.63) is 71.3 Å². The van der Waals surface area contributed by atoms with Crippen LogP contribution in [0.2, 0.25) is 0 Å². The molecule has 3 aromatic carbocycles. The first-order chi connectivity index (χ1) is 16.6. The molecule has 0 saturated carbocycles. The van der Waals surface area contributed by atoms with E-state index < -0.39 is 0 Å². The van der Waals surface area contributed by atoms with Gasteiger partial charge in [0.2, 0.25) is 0 Å². The van der Waals surface area contributed by atoms with Crippen LogP contribution in [0.3, 0.4) is 0 Å². The number of benzene rings is 3. The Labute approximate surface area is 199 Å². The Bertz CT molecular complexity index is 1230. The van der Waals surface area contributed by atoms with Gasteiger partial charge in [-0.25, -0.2) is 0 Å². The molecule has 3 aromatic rings. The number of hydrogen-bond donors (Lipinski definition) is 0. The van der Waals surface area contributed by atoms with Crippen LogP contribution in [0.15, 0.2) is 54.6 Å². The third-order valence-corrected chi connectivity index (χ3v) is 6.65. The van der Waals surface area contributed by atoms with Gasteiger partial charge in [-0.05, 0) is 23.3 Å². The number of ketones is 1. The number of rotatable bonds is 6. The molecule has 2 bridgehead atoms. The van der Waals surface area contributed by atoms with Gasteiger partial charge in [0, 0.05) is 48.7 Å². The number of fused-ring (bicyclic) bond motifs is 7. The van der Waals surface area contributed by atoms with Gasteiger partial charge in [-0.15, -0.1) is 0 Å². The van der Waals surface area contributed by atoms with Crippen molar-refractivity contribution < 1.29 is 23.7 Å². The van der Waals surface area contributed by atoms with Gasteiger partial charge in [-0.3, -0.25) is 4.79 Å². The topological polar surface area (TPSA) is 60.5 Å². The monoisotopic (exact) mass is 460 g/mol. The van der Waals surface area contributed by atoms with Gasteiger partial charge in [0.15, 0.2) is 28.8 Å². The van der Waals surface area contributed by atoms with E-state index in [0.717, 1.165) is 22.5 Å². The van der Waals surface area contributed by atoms with Crippen LogP contribution in [0, 0.1) is 0 Å². The lowest BCUT2D eigenvalue weighted by Gasteiger charge is -2.31. The molecule has 2 heterocycles. The first kappa shape index (κ1) is 21.9. The number of ether oxygens (including phenoxy) is 4. The number of carbonyl (C=O) groups is 1. The minimum atomic E-state index is -0.383. The average Bonchev–Trinajstić information content (AvgIpc) is 3.13. The number of nitrogens with zero attached hydrogens (tertiary/aromatic N) is 2. The highest BCUT2D eigenvalue weighted by molar-refractivity contribution is 6.03. The molecule has 2 aliphatic rings. The molecule has 7 nitrogen and oxygen atoms in total. The lowest BCUT2D eigenvalue weighted by Crippen LogP contribution is -2.45. The minimum absolute atomic E-state index is 0.0833. The van der Waals surface area contributed by atoms with Crippen molar-refractivity contribution in [1.29, 1.82) is 0 Å². The Morgan fingerprint density at radius 1 is 0.735 bits per heavy atom. The maximum absolute atomic E-state index is 13.8. The molecule has 1 atom stereocenters. The molecular formula is C27H28N2O5. The minimum Gasteiger partial charge on any atom is -0.493 e. The van der Waals surface area contributed by atoms with E-state index in [0.29, 0.717) is 48.2 Å². The first-order valence-electron chi connectivity index (χ1n) is 11.2. The van der Waals surface area contributed by atoms with Crippen molar-refractivity contribution in [3.8, 4) is 23.0 Å². The fourth-order valence-corrected chi connectivity index (χ4v) is 4.96. The van der Waals surface area contributed by atoms with E-state index in [-0.39, 0.29) is 11.8 Å². The van der Waals surface area contributed by atoms with Crippen LogP contribution < -0.4 is 28.7 Å². The standard InChI is InChI=1S/C27H28N2O5/c1-31-23-10-18-14-28-16-22(27(30)17-8-6-5-7-9-17)29(21(18)13-26(23)34-4)15-19-11-24(32-2)25(33-3)12-20(19)28/h5-13,22H,14-16H2,1-4H3. The number of methoxy groups -OCH3 is 4. The molecule has 0 N–H and O–H groups in total. The molecule has 0 fully saturated rings. The van der Waals surface area contributed by atoms with Gasteiger partial charge >= 0.3 is 0 Å². The molecule has 0 aromatic heterocycles. The molecule has 2 aliphatic heterocycles. The third kappa shape index (κ3) is 3.57. The highest BCUT2D eigenvalue weighted by Gasteiger charge is 2.38. The summed E-state index contributed by atoms with van der Waals surface area (Å²) in [5, 5.41) is 0. The highest BCUT2D eigenvalue weighted by atomic mass is 16.5. The molecule has 5 rings (SSSR count). The van der Waals surface area contributed by atoms with Gasteiger partial charge < -0.3 is 28.7 Å². The van der Waals surface area contributed by atoms with E-state index in [9.17, 15) is 4.79 Å². The summed E-state index contributed by atoms with van der Waals surface area (Å²) < 4.78 is 22.4. The van der Waals surface area contributed by atoms with Crippen LogP contribution in [0.5, 0.6) is 23.0 Å². The van der Waals surface area contributed by atoms with E-state index in [2.05, 4.69) is 9.80 Å². The highest BCUT2D eigenvalue weighted by Crippen LogP contribution is 2.45. The summed E-state index contributed by atoms with van der Waals surface area (Å²) in [5.74, 6) is 2.72. The van der Waals surface area contributed by atoms with E-state index >= 15 is 0 Å². The molecule has 0 radical (unpaired) electrons. The van der Waals surface area contributed by atoms with Crippen LogP contribution in [-0.2, 0) is 13.1 Å². The molecule has 7 heteroatoms. The lowest BCUT2D eigenvalue weighted by atomic mass is 10.0. The van der Waals surface area contributed by atoms with Crippen LogP contribution in [0.4, 0.5) is 11.4 Å². The Hall–Kier alpha value is -3.87. The van der Waals surface area contributed by atoms with Crippen molar-refractivity contribution >= 4 is 17.2 Å². The summed E-state index contributed by atoms with van der Waals surface area (Å²) in [6, 6.07) is 17.1. The molecule has 0 spiro atoms. The lowest BCUT2D eigenvalue weighted by molar-refractivity contribution is 0.0960. The summed E-state index contributed by atoms with van der Waals surface area (Å²) in [4.78, 5) is 18.2.